The van der Waals surface area contributed by atoms with E-state index in [1.165, 1.54) is 11.0 Å². The summed E-state index contributed by atoms with van der Waals surface area (Å²) in [5.74, 6) is -0.151. The summed E-state index contributed by atoms with van der Waals surface area (Å²) in [4.78, 5) is 13.3. The van der Waals surface area contributed by atoms with Crippen molar-refractivity contribution in [3.63, 3.8) is 0 Å². The van der Waals surface area contributed by atoms with E-state index in [0.717, 1.165) is 12.8 Å². The van der Waals surface area contributed by atoms with Gasteiger partial charge in [0, 0.05) is 24.8 Å². The summed E-state index contributed by atoms with van der Waals surface area (Å²) in [6.07, 6.45) is 2.14. The van der Waals surface area contributed by atoms with Crippen LogP contribution in [0.5, 0.6) is 0 Å². The number of nitrogens with one attached hydrogen (secondary N) is 2. The Morgan fingerprint density at radius 3 is 2.87 bits per heavy atom. The molecule has 6 nitrogen and oxygen atoms in total. The number of halogens is 1. The smallest absolute Gasteiger partial charge is 0.321 e. The van der Waals surface area contributed by atoms with Crippen molar-refractivity contribution in [2.45, 2.75) is 25.3 Å². The molecule has 2 saturated heterocycles. The van der Waals surface area contributed by atoms with E-state index in [2.05, 4.69) is 10.6 Å². The van der Waals surface area contributed by atoms with Crippen molar-refractivity contribution in [3.05, 3.63) is 24.0 Å². The summed E-state index contributed by atoms with van der Waals surface area (Å²) in [5, 5.41) is 5.84. The number of amides is 2. The third-order valence-corrected chi connectivity index (χ3v) is 5.97. The zero-order valence-electron chi connectivity index (χ0n) is 12.7. The minimum atomic E-state index is -3.01. The number of rotatable bonds is 3. The molecule has 0 spiro atoms. The third kappa shape index (κ3) is 3.74. The van der Waals surface area contributed by atoms with Crippen molar-refractivity contribution in [2.24, 2.45) is 0 Å². The highest BCUT2D eigenvalue weighted by molar-refractivity contribution is 7.91. The fourth-order valence-electron chi connectivity index (χ4n) is 3.04. The van der Waals surface area contributed by atoms with Crippen molar-refractivity contribution in [1.82, 2.24) is 5.32 Å². The Hall–Kier alpha value is -1.83. The molecular weight excluding hydrogens is 321 g/mol. The monoisotopic (exact) mass is 341 g/mol. The first-order chi connectivity index (χ1) is 10.9. The van der Waals surface area contributed by atoms with Crippen LogP contribution < -0.4 is 15.5 Å². The SMILES string of the molecule is O=C1NCCCN1c1cc(NC2CCCS(=O)(=O)C2)ccc1F. The Balaban J connectivity index is 1.78. The van der Waals surface area contributed by atoms with Crippen LogP contribution in [0.4, 0.5) is 20.6 Å². The van der Waals surface area contributed by atoms with Crippen LogP contribution in [0.15, 0.2) is 18.2 Å². The van der Waals surface area contributed by atoms with E-state index in [0.29, 0.717) is 25.2 Å². The molecule has 2 aliphatic rings. The van der Waals surface area contributed by atoms with Crippen LogP contribution in [0.2, 0.25) is 0 Å². The van der Waals surface area contributed by atoms with Crippen molar-refractivity contribution >= 4 is 27.2 Å². The van der Waals surface area contributed by atoms with E-state index in [9.17, 15) is 17.6 Å². The number of nitrogens with zero attached hydrogens (tertiary/aromatic N) is 1. The van der Waals surface area contributed by atoms with Crippen LogP contribution in [0.1, 0.15) is 19.3 Å². The number of benzene rings is 1. The lowest BCUT2D eigenvalue weighted by Crippen LogP contribution is -2.46. The van der Waals surface area contributed by atoms with Crippen LogP contribution in [0.3, 0.4) is 0 Å². The topological polar surface area (TPSA) is 78.5 Å². The number of anilines is 2. The lowest BCUT2D eigenvalue weighted by Gasteiger charge is -2.29. The molecule has 0 aliphatic carbocycles. The van der Waals surface area contributed by atoms with Gasteiger partial charge >= 0.3 is 6.03 Å². The van der Waals surface area contributed by atoms with Crippen LogP contribution in [0, 0.1) is 5.82 Å². The first kappa shape index (κ1) is 16.0. The second kappa shape index (κ2) is 6.35. The lowest BCUT2D eigenvalue weighted by atomic mass is 10.1. The van der Waals surface area contributed by atoms with Gasteiger partial charge in [-0.3, -0.25) is 4.90 Å². The van der Waals surface area contributed by atoms with Crippen LogP contribution in [0.25, 0.3) is 0 Å². The van der Waals surface area contributed by atoms with E-state index in [1.54, 1.807) is 12.1 Å². The Kier molecular flexibility index (Phi) is 4.43. The molecule has 1 unspecified atom stereocenters. The zero-order chi connectivity index (χ0) is 16.4. The molecule has 3 rings (SSSR count). The second-order valence-electron chi connectivity index (χ2n) is 6.00. The Labute approximate surface area is 135 Å². The number of hydrogen-bond acceptors (Lipinski definition) is 4. The van der Waals surface area contributed by atoms with E-state index in [1.807, 2.05) is 0 Å². The van der Waals surface area contributed by atoms with Gasteiger partial charge in [-0.25, -0.2) is 17.6 Å². The molecule has 1 aromatic rings. The van der Waals surface area contributed by atoms with Gasteiger partial charge < -0.3 is 10.6 Å². The first-order valence-electron chi connectivity index (χ1n) is 7.76. The molecule has 0 radical (unpaired) electrons. The van der Waals surface area contributed by atoms with Crippen LogP contribution in [-0.2, 0) is 9.84 Å². The molecule has 2 amide bonds. The van der Waals surface area contributed by atoms with Crippen molar-refractivity contribution in [3.8, 4) is 0 Å². The lowest BCUT2D eigenvalue weighted by molar-refractivity contribution is 0.242. The molecule has 0 aromatic heterocycles. The van der Waals surface area contributed by atoms with Crippen LogP contribution in [-0.4, -0.2) is 45.1 Å². The van der Waals surface area contributed by atoms with E-state index in [4.69, 9.17) is 0 Å². The van der Waals surface area contributed by atoms with Crippen LogP contribution >= 0.6 is 0 Å². The fraction of sp³-hybridized carbons (Fsp3) is 0.533. The Morgan fingerprint density at radius 2 is 2.13 bits per heavy atom. The number of urea groups is 1. The number of hydrogen-bond donors (Lipinski definition) is 2. The number of sulfone groups is 1. The summed E-state index contributed by atoms with van der Waals surface area (Å²) >= 11 is 0. The molecule has 23 heavy (non-hydrogen) atoms. The average molecular weight is 341 g/mol. The maximum Gasteiger partial charge on any atom is 0.321 e. The van der Waals surface area contributed by atoms with Crippen molar-refractivity contribution < 1.29 is 17.6 Å². The summed E-state index contributed by atoms with van der Waals surface area (Å²) in [6, 6.07) is 3.95. The van der Waals surface area contributed by atoms with Gasteiger partial charge in [0.2, 0.25) is 0 Å². The summed E-state index contributed by atoms with van der Waals surface area (Å²) in [7, 11) is -3.01. The standard InChI is InChI=1S/C15H20FN3O3S/c16-13-5-4-11(18-12-3-1-8-23(21,22)10-12)9-14(13)19-7-2-6-17-15(19)20/h4-5,9,12,18H,1-3,6-8,10H2,(H,17,20). The normalized spacial score (nSPS) is 24.1. The van der Waals surface area contributed by atoms with Crippen molar-refractivity contribution in [1.29, 1.82) is 0 Å². The zero-order valence-corrected chi connectivity index (χ0v) is 13.5. The molecule has 8 heteroatoms. The molecule has 2 aliphatic heterocycles. The first-order valence-corrected chi connectivity index (χ1v) is 9.59. The fourth-order valence-corrected chi connectivity index (χ4v) is 4.68. The molecule has 1 aromatic carbocycles. The van der Waals surface area contributed by atoms with E-state index < -0.39 is 15.7 Å². The molecule has 0 bridgehead atoms. The molecule has 126 valence electrons. The molecule has 2 heterocycles. The highest BCUT2D eigenvalue weighted by Crippen LogP contribution is 2.26. The Morgan fingerprint density at radius 1 is 1.30 bits per heavy atom. The van der Waals surface area contributed by atoms with Gasteiger partial charge in [0.25, 0.3) is 0 Å². The molecule has 0 saturated carbocycles. The Bertz CT molecular complexity index is 708. The van der Waals surface area contributed by atoms with Gasteiger partial charge in [-0.05, 0) is 37.5 Å². The van der Waals surface area contributed by atoms with Gasteiger partial charge in [0.1, 0.15) is 5.82 Å². The number of carbonyl (C=O) groups excluding carboxylic acids is 1. The predicted molar refractivity (Wildman–Crippen MR) is 87.1 cm³/mol. The second-order valence-corrected chi connectivity index (χ2v) is 8.23. The highest BCUT2D eigenvalue weighted by atomic mass is 32.2. The predicted octanol–water partition coefficient (Wildman–Crippen LogP) is 1.73. The quantitative estimate of drug-likeness (QED) is 0.878. The van der Waals surface area contributed by atoms with Gasteiger partial charge in [-0.1, -0.05) is 0 Å². The van der Waals surface area contributed by atoms with E-state index in [-0.39, 0.29) is 29.3 Å². The largest absolute Gasteiger partial charge is 0.381 e. The maximum atomic E-state index is 14.1. The molecular formula is C15H20FN3O3S. The summed E-state index contributed by atoms with van der Waals surface area (Å²) in [6.45, 7) is 1.05. The molecule has 1 atom stereocenters. The van der Waals surface area contributed by atoms with Crippen molar-refractivity contribution in [2.75, 3.05) is 34.8 Å². The minimum absolute atomic E-state index is 0.0872. The van der Waals surface area contributed by atoms with Gasteiger partial charge in [0.05, 0.1) is 17.2 Å². The van der Waals surface area contributed by atoms with Gasteiger partial charge in [-0.2, -0.15) is 0 Å². The summed E-state index contributed by atoms with van der Waals surface area (Å²) in [5.41, 5.74) is 0.841. The van der Waals surface area contributed by atoms with Gasteiger partial charge in [0.15, 0.2) is 9.84 Å². The highest BCUT2D eigenvalue weighted by Gasteiger charge is 2.26. The van der Waals surface area contributed by atoms with Gasteiger partial charge in [-0.15, -0.1) is 0 Å². The molecule has 2 fully saturated rings. The summed E-state index contributed by atoms with van der Waals surface area (Å²) < 4.78 is 37.5. The average Bonchev–Trinajstić information content (AvgIpc) is 2.49. The minimum Gasteiger partial charge on any atom is -0.381 e. The van der Waals surface area contributed by atoms with E-state index >= 15 is 0 Å². The molecule has 2 N–H and O–H groups in total. The maximum absolute atomic E-state index is 14.1. The number of carbonyl (C=O) groups is 1. The third-order valence-electron chi connectivity index (χ3n) is 4.15.